The molecule has 1 heterocycles. The summed E-state index contributed by atoms with van der Waals surface area (Å²) in [5, 5.41) is 4.13. The Kier molecular flexibility index (Phi) is 6.48. The van der Waals surface area contributed by atoms with Crippen molar-refractivity contribution in [3.05, 3.63) is 60.5 Å². The zero-order valence-electron chi connectivity index (χ0n) is 17.6. The molecular weight excluding hydrogens is 377 g/mol. The summed E-state index contributed by atoms with van der Waals surface area (Å²) in [4.78, 5) is 14.8. The molecule has 0 bridgehead atoms. The molecule has 4 nitrogen and oxygen atoms in total. The van der Waals surface area contributed by atoms with E-state index in [9.17, 15) is 9.18 Å². The lowest BCUT2D eigenvalue weighted by Gasteiger charge is -2.31. The van der Waals surface area contributed by atoms with E-state index >= 15 is 0 Å². The Bertz CT molecular complexity index is 989. The molecular formula is C25H30FN3O. The lowest BCUT2D eigenvalue weighted by Crippen LogP contribution is -2.40. The Morgan fingerprint density at radius 2 is 1.80 bits per heavy atom. The van der Waals surface area contributed by atoms with E-state index in [1.807, 2.05) is 29.0 Å². The maximum absolute atomic E-state index is 13.2. The summed E-state index contributed by atoms with van der Waals surface area (Å²) in [6.45, 7) is 1.89. The van der Waals surface area contributed by atoms with Gasteiger partial charge in [-0.3, -0.25) is 4.79 Å². The van der Waals surface area contributed by atoms with Crippen molar-refractivity contribution in [1.29, 1.82) is 0 Å². The van der Waals surface area contributed by atoms with Crippen molar-refractivity contribution < 1.29 is 9.18 Å². The highest BCUT2D eigenvalue weighted by atomic mass is 19.1. The standard InChI is InChI=1S/C25H30FN3O/c1-28(23-5-3-2-4-6-23)16-14-27-25(30)18-29-15-13-21-17-20(9-12-24(21)29)19-7-10-22(26)11-8-19/h7-13,15,17,23H,2-6,14,16,18H2,1H3,(H,27,30). The van der Waals surface area contributed by atoms with Crippen LogP contribution >= 0.6 is 0 Å². The molecule has 1 aliphatic rings. The van der Waals surface area contributed by atoms with E-state index in [4.69, 9.17) is 0 Å². The van der Waals surface area contributed by atoms with E-state index in [1.165, 1.54) is 44.2 Å². The Labute approximate surface area is 177 Å². The van der Waals surface area contributed by atoms with Crippen molar-refractivity contribution in [2.45, 2.75) is 44.7 Å². The summed E-state index contributed by atoms with van der Waals surface area (Å²) in [6, 6.07) is 15.3. The quantitative estimate of drug-likeness (QED) is 0.609. The molecule has 5 heteroatoms. The molecule has 3 aromatic rings. The molecule has 1 N–H and O–H groups in total. The molecule has 1 aromatic heterocycles. The lowest BCUT2D eigenvalue weighted by atomic mass is 9.94. The van der Waals surface area contributed by atoms with Crippen LogP contribution in [0.1, 0.15) is 32.1 Å². The first-order valence-electron chi connectivity index (χ1n) is 10.9. The molecule has 1 saturated carbocycles. The number of halogens is 1. The second kappa shape index (κ2) is 9.43. The van der Waals surface area contributed by atoms with Crippen LogP contribution in [0.15, 0.2) is 54.7 Å². The summed E-state index contributed by atoms with van der Waals surface area (Å²) in [5.74, 6) is -0.200. The van der Waals surface area contributed by atoms with E-state index in [2.05, 4.69) is 23.3 Å². The zero-order chi connectivity index (χ0) is 20.9. The van der Waals surface area contributed by atoms with Crippen LogP contribution in [-0.4, -0.2) is 41.6 Å². The van der Waals surface area contributed by atoms with E-state index < -0.39 is 0 Å². The van der Waals surface area contributed by atoms with E-state index in [0.29, 0.717) is 19.1 Å². The fourth-order valence-corrected chi connectivity index (χ4v) is 4.45. The highest BCUT2D eigenvalue weighted by Gasteiger charge is 2.17. The van der Waals surface area contributed by atoms with Gasteiger partial charge in [-0.25, -0.2) is 4.39 Å². The van der Waals surface area contributed by atoms with Gasteiger partial charge in [0.15, 0.2) is 0 Å². The normalized spacial score (nSPS) is 15.0. The van der Waals surface area contributed by atoms with Crippen molar-refractivity contribution in [2.24, 2.45) is 0 Å². The van der Waals surface area contributed by atoms with Gasteiger partial charge in [0.05, 0.1) is 0 Å². The van der Waals surface area contributed by atoms with Gasteiger partial charge in [-0.15, -0.1) is 0 Å². The average molecular weight is 408 g/mol. The van der Waals surface area contributed by atoms with Gasteiger partial charge in [-0.2, -0.15) is 0 Å². The molecule has 1 aliphatic carbocycles. The van der Waals surface area contributed by atoms with Gasteiger partial charge >= 0.3 is 0 Å². The van der Waals surface area contributed by atoms with E-state index in [-0.39, 0.29) is 11.7 Å². The molecule has 1 amide bonds. The van der Waals surface area contributed by atoms with Crippen LogP contribution < -0.4 is 5.32 Å². The monoisotopic (exact) mass is 407 g/mol. The van der Waals surface area contributed by atoms with Gasteiger partial charge in [0.2, 0.25) is 5.91 Å². The fourth-order valence-electron chi connectivity index (χ4n) is 4.45. The van der Waals surface area contributed by atoms with Gasteiger partial charge in [0, 0.05) is 36.2 Å². The summed E-state index contributed by atoms with van der Waals surface area (Å²) in [5.41, 5.74) is 3.04. The van der Waals surface area contributed by atoms with Gasteiger partial charge in [-0.05, 0) is 61.3 Å². The molecule has 2 aromatic carbocycles. The number of rotatable bonds is 7. The number of amides is 1. The Hall–Kier alpha value is -2.66. The predicted octanol–water partition coefficient (Wildman–Crippen LogP) is 4.83. The number of benzene rings is 2. The minimum absolute atomic E-state index is 0.0344. The van der Waals surface area contributed by atoms with Crippen molar-refractivity contribution in [2.75, 3.05) is 20.1 Å². The summed E-state index contributed by atoms with van der Waals surface area (Å²) in [6.07, 6.45) is 8.51. The van der Waals surface area contributed by atoms with Crippen LogP contribution in [-0.2, 0) is 11.3 Å². The van der Waals surface area contributed by atoms with Gasteiger partial charge < -0.3 is 14.8 Å². The second-order valence-corrected chi connectivity index (χ2v) is 8.35. The summed E-state index contributed by atoms with van der Waals surface area (Å²) < 4.78 is 15.1. The van der Waals surface area contributed by atoms with Crippen molar-refractivity contribution in [1.82, 2.24) is 14.8 Å². The molecule has 0 spiro atoms. The number of hydrogen-bond acceptors (Lipinski definition) is 2. The third-order valence-electron chi connectivity index (χ3n) is 6.25. The number of fused-ring (bicyclic) bond motifs is 1. The van der Waals surface area contributed by atoms with Gasteiger partial charge in [0.25, 0.3) is 0 Å². The first-order valence-corrected chi connectivity index (χ1v) is 10.9. The number of nitrogens with one attached hydrogen (secondary N) is 1. The summed E-state index contributed by atoms with van der Waals surface area (Å²) in [7, 11) is 2.17. The first-order chi connectivity index (χ1) is 14.6. The second-order valence-electron chi connectivity index (χ2n) is 8.35. The number of hydrogen-bond donors (Lipinski definition) is 1. The van der Waals surface area contributed by atoms with Crippen molar-refractivity contribution >= 4 is 16.8 Å². The number of carbonyl (C=O) groups is 1. The fraction of sp³-hybridized carbons (Fsp3) is 0.400. The third-order valence-corrected chi connectivity index (χ3v) is 6.25. The van der Waals surface area contributed by atoms with Crippen LogP contribution in [0.4, 0.5) is 4.39 Å². The molecule has 158 valence electrons. The molecule has 0 saturated heterocycles. The van der Waals surface area contributed by atoms with E-state index in [0.717, 1.165) is 28.6 Å². The smallest absolute Gasteiger partial charge is 0.239 e. The van der Waals surface area contributed by atoms with E-state index in [1.54, 1.807) is 12.1 Å². The number of likely N-dealkylation sites (N-methyl/N-ethyl adjacent to an activating group) is 1. The highest BCUT2D eigenvalue weighted by molar-refractivity contribution is 5.87. The molecule has 0 aliphatic heterocycles. The number of aromatic nitrogens is 1. The van der Waals surface area contributed by atoms with Crippen molar-refractivity contribution in [3.8, 4) is 11.1 Å². The topological polar surface area (TPSA) is 37.3 Å². The molecule has 0 radical (unpaired) electrons. The van der Waals surface area contributed by atoms with Crippen molar-refractivity contribution in [3.63, 3.8) is 0 Å². The Morgan fingerprint density at radius 1 is 1.07 bits per heavy atom. The molecule has 1 fully saturated rings. The zero-order valence-corrected chi connectivity index (χ0v) is 17.6. The number of nitrogens with zero attached hydrogens (tertiary/aromatic N) is 2. The molecule has 0 unspecified atom stereocenters. The Balaban J connectivity index is 1.33. The molecule has 0 atom stereocenters. The average Bonchev–Trinajstić information content (AvgIpc) is 3.16. The first kappa shape index (κ1) is 20.6. The molecule has 30 heavy (non-hydrogen) atoms. The third kappa shape index (κ3) is 4.90. The Morgan fingerprint density at radius 3 is 2.57 bits per heavy atom. The largest absolute Gasteiger partial charge is 0.353 e. The minimum Gasteiger partial charge on any atom is -0.353 e. The van der Waals surface area contributed by atoms with Crippen LogP contribution in [0.25, 0.3) is 22.0 Å². The maximum Gasteiger partial charge on any atom is 0.239 e. The minimum atomic E-state index is -0.234. The van der Waals surface area contributed by atoms with Gasteiger partial charge in [0.1, 0.15) is 12.4 Å². The van der Waals surface area contributed by atoms with Crippen LogP contribution in [0, 0.1) is 5.82 Å². The number of carbonyl (C=O) groups excluding carboxylic acids is 1. The molecule has 4 rings (SSSR count). The van der Waals surface area contributed by atoms with Gasteiger partial charge in [-0.1, -0.05) is 37.5 Å². The lowest BCUT2D eigenvalue weighted by molar-refractivity contribution is -0.121. The van der Waals surface area contributed by atoms with Crippen LogP contribution in [0.2, 0.25) is 0 Å². The SMILES string of the molecule is CN(CCNC(=O)Cn1ccc2cc(-c3ccc(F)cc3)ccc21)C1CCCCC1. The predicted molar refractivity (Wildman–Crippen MR) is 120 cm³/mol. The maximum atomic E-state index is 13.2. The highest BCUT2D eigenvalue weighted by Crippen LogP contribution is 2.25. The van der Waals surface area contributed by atoms with Crippen LogP contribution in [0.3, 0.4) is 0 Å². The van der Waals surface area contributed by atoms with Crippen LogP contribution in [0.5, 0.6) is 0 Å². The summed E-state index contributed by atoms with van der Waals surface area (Å²) >= 11 is 0.